The minimum Gasteiger partial charge on any atom is -0.330 e. The molecule has 0 aliphatic rings. The molecule has 4 N–H and O–H groups in total. The van der Waals surface area contributed by atoms with Crippen LogP contribution >= 0.6 is 0 Å². The third-order valence-corrected chi connectivity index (χ3v) is 3.45. The number of nitrogens with two attached hydrogens (primary N) is 2. The molecule has 0 saturated carbocycles. The number of benzene rings is 1. The third kappa shape index (κ3) is 3.32. The molecular formula is C14H24N2. The van der Waals surface area contributed by atoms with Crippen molar-refractivity contribution in [3.05, 3.63) is 34.9 Å². The van der Waals surface area contributed by atoms with Crippen LogP contribution in [0.2, 0.25) is 0 Å². The largest absolute Gasteiger partial charge is 0.330 e. The summed E-state index contributed by atoms with van der Waals surface area (Å²) in [5.74, 6) is 0.983. The zero-order valence-electron chi connectivity index (χ0n) is 10.7. The molecule has 0 aromatic heterocycles. The van der Waals surface area contributed by atoms with E-state index in [2.05, 4.69) is 39.0 Å². The maximum atomic E-state index is 5.72. The van der Waals surface area contributed by atoms with Crippen molar-refractivity contribution in [1.82, 2.24) is 0 Å². The number of hydrogen-bond acceptors (Lipinski definition) is 2. The lowest BCUT2D eigenvalue weighted by Gasteiger charge is -2.21. The van der Waals surface area contributed by atoms with Gasteiger partial charge in [-0.05, 0) is 56.3 Å². The second-order valence-corrected chi connectivity index (χ2v) is 4.84. The second-order valence-electron chi connectivity index (χ2n) is 4.84. The van der Waals surface area contributed by atoms with Crippen LogP contribution in [-0.4, -0.2) is 13.1 Å². The van der Waals surface area contributed by atoms with Gasteiger partial charge in [-0.15, -0.1) is 0 Å². The van der Waals surface area contributed by atoms with Crippen molar-refractivity contribution in [1.29, 1.82) is 0 Å². The quantitative estimate of drug-likeness (QED) is 0.797. The maximum absolute atomic E-state index is 5.72. The van der Waals surface area contributed by atoms with E-state index in [1.54, 1.807) is 0 Å². The molecule has 0 aliphatic carbocycles. The second kappa shape index (κ2) is 6.02. The fourth-order valence-electron chi connectivity index (χ4n) is 2.15. The summed E-state index contributed by atoms with van der Waals surface area (Å²) in [6, 6.07) is 6.64. The molecule has 2 heteroatoms. The van der Waals surface area contributed by atoms with Crippen LogP contribution in [0.3, 0.4) is 0 Å². The first-order valence-electron chi connectivity index (χ1n) is 6.04. The molecule has 90 valence electrons. The Morgan fingerprint density at radius 1 is 1.12 bits per heavy atom. The Morgan fingerprint density at radius 2 is 1.75 bits per heavy atom. The smallest absolute Gasteiger partial charge is 0.00341 e. The number of hydrogen-bond donors (Lipinski definition) is 2. The summed E-state index contributed by atoms with van der Waals surface area (Å²) in [5, 5.41) is 0. The molecule has 16 heavy (non-hydrogen) atoms. The van der Waals surface area contributed by atoms with Crippen LogP contribution in [-0.2, 0) is 6.42 Å². The molecule has 0 heterocycles. The van der Waals surface area contributed by atoms with E-state index in [4.69, 9.17) is 11.5 Å². The van der Waals surface area contributed by atoms with Crippen molar-refractivity contribution in [2.45, 2.75) is 27.2 Å². The van der Waals surface area contributed by atoms with Gasteiger partial charge < -0.3 is 11.5 Å². The van der Waals surface area contributed by atoms with Crippen LogP contribution in [0.5, 0.6) is 0 Å². The molecule has 2 nitrogen and oxygen atoms in total. The van der Waals surface area contributed by atoms with Crippen molar-refractivity contribution < 1.29 is 0 Å². The Kier molecular flexibility index (Phi) is 4.97. The Hall–Kier alpha value is -0.860. The summed E-state index contributed by atoms with van der Waals surface area (Å²) in [6.45, 7) is 7.91. The Balaban J connectivity index is 2.72. The average molecular weight is 220 g/mol. The van der Waals surface area contributed by atoms with E-state index in [1.807, 2.05) is 0 Å². The lowest BCUT2D eigenvalue weighted by atomic mass is 9.87. The summed E-state index contributed by atoms with van der Waals surface area (Å²) in [6.07, 6.45) is 1.07. The van der Waals surface area contributed by atoms with Gasteiger partial charge in [0.05, 0.1) is 0 Å². The van der Waals surface area contributed by atoms with Gasteiger partial charge in [0.25, 0.3) is 0 Å². The summed E-state index contributed by atoms with van der Waals surface area (Å²) in [5.41, 5.74) is 15.6. The molecule has 1 atom stereocenters. The molecule has 0 bridgehead atoms. The number of aryl methyl sites for hydroxylation is 2. The molecule has 1 aromatic carbocycles. The highest BCUT2D eigenvalue weighted by molar-refractivity contribution is 5.30. The molecule has 0 aliphatic heterocycles. The zero-order valence-corrected chi connectivity index (χ0v) is 10.7. The van der Waals surface area contributed by atoms with Crippen LogP contribution in [0.1, 0.15) is 23.6 Å². The SMILES string of the molecule is Cc1ccc(CC(C)C(CN)CN)c(C)c1. The van der Waals surface area contributed by atoms with E-state index in [9.17, 15) is 0 Å². The minimum atomic E-state index is 0.431. The van der Waals surface area contributed by atoms with E-state index in [0.717, 1.165) is 6.42 Å². The first-order valence-corrected chi connectivity index (χ1v) is 6.04. The van der Waals surface area contributed by atoms with Crippen LogP contribution < -0.4 is 11.5 Å². The van der Waals surface area contributed by atoms with Gasteiger partial charge in [0, 0.05) is 0 Å². The van der Waals surface area contributed by atoms with Crippen molar-refractivity contribution >= 4 is 0 Å². The topological polar surface area (TPSA) is 52.0 Å². The summed E-state index contributed by atoms with van der Waals surface area (Å²) >= 11 is 0. The molecule has 1 aromatic rings. The van der Waals surface area contributed by atoms with E-state index < -0.39 is 0 Å². The predicted octanol–water partition coefficient (Wildman–Crippen LogP) is 2.02. The van der Waals surface area contributed by atoms with Gasteiger partial charge >= 0.3 is 0 Å². The van der Waals surface area contributed by atoms with Gasteiger partial charge in [-0.2, -0.15) is 0 Å². The van der Waals surface area contributed by atoms with Crippen LogP contribution in [0, 0.1) is 25.7 Å². The van der Waals surface area contributed by atoms with E-state index in [0.29, 0.717) is 24.9 Å². The van der Waals surface area contributed by atoms with E-state index in [1.165, 1.54) is 16.7 Å². The number of rotatable bonds is 5. The van der Waals surface area contributed by atoms with Crippen LogP contribution in [0.4, 0.5) is 0 Å². The highest BCUT2D eigenvalue weighted by atomic mass is 14.6. The van der Waals surface area contributed by atoms with Crippen molar-refractivity contribution in [2.24, 2.45) is 23.3 Å². The fraction of sp³-hybridized carbons (Fsp3) is 0.571. The van der Waals surface area contributed by atoms with Crippen LogP contribution in [0.25, 0.3) is 0 Å². The molecule has 0 amide bonds. The Morgan fingerprint density at radius 3 is 2.25 bits per heavy atom. The maximum Gasteiger partial charge on any atom is -0.00341 e. The third-order valence-electron chi connectivity index (χ3n) is 3.45. The van der Waals surface area contributed by atoms with Gasteiger partial charge in [-0.25, -0.2) is 0 Å². The average Bonchev–Trinajstić information content (AvgIpc) is 2.24. The van der Waals surface area contributed by atoms with Crippen molar-refractivity contribution in [3.8, 4) is 0 Å². The van der Waals surface area contributed by atoms with Crippen molar-refractivity contribution in [3.63, 3.8) is 0 Å². The van der Waals surface area contributed by atoms with Gasteiger partial charge in [0.15, 0.2) is 0 Å². The lowest BCUT2D eigenvalue weighted by molar-refractivity contribution is 0.372. The van der Waals surface area contributed by atoms with Gasteiger partial charge in [0.2, 0.25) is 0 Å². The first kappa shape index (κ1) is 13.2. The summed E-state index contributed by atoms with van der Waals surface area (Å²) in [4.78, 5) is 0. The highest BCUT2D eigenvalue weighted by Gasteiger charge is 2.15. The lowest BCUT2D eigenvalue weighted by Crippen LogP contribution is -2.30. The molecule has 1 unspecified atom stereocenters. The monoisotopic (exact) mass is 220 g/mol. The van der Waals surface area contributed by atoms with Crippen molar-refractivity contribution in [2.75, 3.05) is 13.1 Å². The summed E-state index contributed by atoms with van der Waals surface area (Å²) < 4.78 is 0. The van der Waals surface area contributed by atoms with E-state index >= 15 is 0 Å². The molecule has 0 saturated heterocycles. The molecule has 0 radical (unpaired) electrons. The van der Waals surface area contributed by atoms with Crippen LogP contribution in [0.15, 0.2) is 18.2 Å². The van der Waals surface area contributed by atoms with Gasteiger partial charge in [-0.3, -0.25) is 0 Å². The van der Waals surface area contributed by atoms with Gasteiger partial charge in [-0.1, -0.05) is 30.7 Å². The fourth-order valence-corrected chi connectivity index (χ4v) is 2.15. The normalized spacial score (nSPS) is 13.1. The molecule has 0 spiro atoms. The summed E-state index contributed by atoms with van der Waals surface area (Å²) in [7, 11) is 0. The first-order chi connectivity index (χ1) is 7.58. The minimum absolute atomic E-state index is 0.431. The Labute approximate surface area is 99.0 Å². The molecular weight excluding hydrogens is 196 g/mol. The molecule has 0 fully saturated rings. The predicted molar refractivity (Wildman–Crippen MR) is 70.4 cm³/mol. The zero-order chi connectivity index (χ0) is 12.1. The molecule has 1 rings (SSSR count). The van der Waals surface area contributed by atoms with E-state index in [-0.39, 0.29) is 0 Å². The highest BCUT2D eigenvalue weighted by Crippen LogP contribution is 2.19. The standard InChI is InChI=1S/C14H24N2/c1-10-4-5-13(11(2)6-10)7-12(3)14(8-15)9-16/h4-6,12,14H,7-9,15-16H2,1-3H3. The Bertz CT molecular complexity index is 330. The van der Waals surface area contributed by atoms with Gasteiger partial charge in [0.1, 0.15) is 0 Å².